The van der Waals surface area contributed by atoms with Crippen LogP contribution in [0.4, 0.5) is 10.5 Å². The van der Waals surface area contributed by atoms with Crippen molar-refractivity contribution in [2.24, 2.45) is 7.05 Å². The van der Waals surface area contributed by atoms with E-state index < -0.39 is 0 Å². The first-order chi connectivity index (χ1) is 9.90. The fourth-order valence-corrected chi connectivity index (χ4v) is 2.33. The zero-order valence-corrected chi connectivity index (χ0v) is 13.4. The third-order valence-corrected chi connectivity index (χ3v) is 4.01. The first-order valence-corrected chi connectivity index (χ1v) is 7.07. The second kappa shape index (κ2) is 6.18. The highest BCUT2D eigenvalue weighted by Crippen LogP contribution is 2.22. The maximum atomic E-state index is 12.0. The van der Waals surface area contributed by atoms with Gasteiger partial charge in [0.25, 0.3) is 0 Å². The van der Waals surface area contributed by atoms with Crippen molar-refractivity contribution < 1.29 is 4.79 Å². The van der Waals surface area contributed by atoms with E-state index in [1.54, 1.807) is 12.1 Å². The molecule has 1 aromatic carbocycles. The van der Waals surface area contributed by atoms with Gasteiger partial charge in [-0.3, -0.25) is 4.68 Å². The van der Waals surface area contributed by atoms with E-state index >= 15 is 0 Å². The maximum Gasteiger partial charge on any atom is 0.319 e. The van der Waals surface area contributed by atoms with Crippen LogP contribution < -0.4 is 10.6 Å². The quantitative estimate of drug-likeness (QED) is 0.914. The van der Waals surface area contributed by atoms with Gasteiger partial charge >= 0.3 is 6.03 Å². The van der Waals surface area contributed by atoms with Crippen LogP contribution in [0.15, 0.2) is 18.2 Å². The molecule has 21 heavy (non-hydrogen) atoms. The zero-order valence-electron chi connectivity index (χ0n) is 12.6. The molecule has 5 nitrogen and oxygen atoms in total. The van der Waals surface area contributed by atoms with Crippen LogP contribution in [0.5, 0.6) is 0 Å². The maximum absolute atomic E-state index is 12.0. The summed E-state index contributed by atoms with van der Waals surface area (Å²) in [4.78, 5) is 12.0. The average molecular weight is 307 g/mol. The standard InChI is InChI=1S/C15H19ClN4O/c1-9-13(16)6-5-7-14(9)18-15(21)17-8-12-10(2)19-20(4)11(12)3/h5-7H,8H2,1-4H3,(H2,17,18,21). The molecule has 2 aromatic rings. The van der Waals surface area contributed by atoms with Gasteiger partial charge in [-0.05, 0) is 38.5 Å². The Kier molecular flexibility index (Phi) is 4.53. The number of hydrogen-bond donors (Lipinski definition) is 2. The summed E-state index contributed by atoms with van der Waals surface area (Å²) in [5.74, 6) is 0. The fourth-order valence-electron chi connectivity index (χ4n) is 2.15. The summed E-state index contributed by atoms with van der Waals surface area (Å²) < 4.78 is 1.81. The average Bonchev–Trinajstić information content (AvgIpc) is 2.67. The number of nitrogens with one attached hydrogen (secondary N) is 2. The minimum atomic E-state index is -0.261. The van der Waals surface area contributed by atoms with Crippen molar-refractivity contribution in [3.63, 3.8) is 0 Å². The number of carbonyl (C=O) groups is 1. The van der Waals surface area contributed by atoms with Crippen LogP contribution in [0, 0.1) is 20.8 Å². The number of halogens is 1. The van der Waals surface area contributed by atoms with Gasteiger partial charge in [0.05, 0.1) is 5.69 Å². The Bertz CT molecular complexity index is 679. The minimum Gasteiger partial charge on any atom is -0.334 e. The molecule has 0 spiro atoms. The molecule has 2 amide bonds. The molecular weight excluding hydrogens is 288 g/mol. The molecule has 112 valence electrons. The zero-order chi connectivity index (χ0) is 15.6. The van der Waals surface area contributed by atoms with Crippen molar-refractivity contribution in [3.8, 4) is 0 Å². The van der Waals surface area contributed by atoms with Crippen LogP contribution in [0.2, 0.25) is 5.02 Å². The fraction of sp³-hybridized carbons (Fsp3) is 0.333. The van der Waals surface area contributed by atoms with Crippen molar-refractivity contribution >= 4 is 23.3 Å². The minimum absolute atomic E-state index is 0.261. The molecule has 0 fully saturated rings. The van der Waals surface area contributed by atoms with Crippen molar-refractivity contribution in [1.82, 2.24) is 15.1 Å². The first-order valence-electron chi connectivity index (χ1n) is 6.69. The molecule has 0 saturated heterocycles. The summed E-state index contributed by atoms with van der Waals surface area (Å²) in [5, 5.41) is 10.6. The SMILES string of the molecule is Cc1nn(C)c(C)c1CNC(=O)Nc1cccc(Cl)c1C. The summed E-state index contributed by atoms with van der Waals surface area (Å²) in [6, 6.07) is 5.16. The monoisotopic (exact) mass is 306 g/mol. The Balaban J connectivity index is 2.01. The number of urea groups is 1. The summed E-state index contributed by atoms with van der Waals surface area (Å²) in [6.07, 6.45) is 0. The van der Waals surface area contributed by atoms with Gasteiger partial charge in [-0.1, -0.05) is 17.7 Å². The largest absolute Gasteiger partial charge is 0.334 e. The summed E-state index contributed by atoms with van der Waals surface area (Å²) >= 11 is 6.03. The highest BCUT2D eigenvalue weighted by Gasteiger charge is 2.11. The molecule has 0 bridgehead atoms. The van der Waals surface area contributed by atoms with E-state index in [1.807, 2.05) is 38.6 Å². The van der Waals surface area contributed by atoms with Gasteiger partial charge in [0.2, 0.25) is 0 Å². The van der Waals surface area contributed by atoms with E-state index in [2.05, 4.69) is 15.7 Å². The smallest absolute Gasteiger partial charge is 0.319 e. The van der Waals surface area contributed by atoms with Crippen molar-refractivity contribution in [3.05, 3.63) is 45.7 Å². The van der Waals surface area contributed by atoms with Crippen LogP contribution in [-0.4, -0.2) is 15.8 Å². The van der Waals surface area contributed by atoms with Gasteiger partial charge in [0.15, 0.2) is 0 Å². The lowest BCUT2D eigenvalue weighted by Crippen LogP contribution is -2.28. The molecule has 0 unspecified atom stereocenters. The lowest BCUT2D eigenvalue weighted by molar-refractivity contribution is 0.251. The lowest BCUT2D eigenvalue weighted by atomic mass is 10.2. The van der Waals surface area contributed by atoms with Crippen LogP contribution in [0.1, 0.15) is 22.5 Å². The molecule has 1 aromatic heterocycles. The van der Waals surface area contributed by atoms with Crippen LogP contribution in [-0.2, 0) is 13.6 Å². The van der Waals surface area contributed by atoms with Crippen molar-refractivity contribution in [2.45, 2.75) is 27.3 Å². The predicted molar refractivity (Wildman–Crippen MR) is 84.7 cm³/mol. The third-order valence-electron chi connectivity index (χ3n) is 3.60. The number of aryl methyl sites for hydroxylation is 2. The van der Waals surface area contributed by atoms with E-state index in [0.717, 1.165) is 22.5 Å². The number of hydrogen-bond acceptors (Lipinski definition) is 2. The highest BCUT2D eigenvalue weighted by molar-refractivity contribution is 6.31. The molecule has 0 aliphatic rings. The van der Waals surface area contributed by atoms with E-state index in [-0.39, 0.29) is 6.03 Å². The van der Waals surface area contributed by atoms with Crippen LogP contribution >= 0.6 is 11.6 Å². The topological polar surface area (TPSA) is 59.0 Å². The lowest BCUT2D eigenvalue weighted by Gasteiger charge is -2.11. The Hall–Kier alpha value is -2.01. The summed E-state index contributed by atoms with van der Waals surface area (Å²) in [5.41, 5.74) is 4.57. The molecule has 0 radical (unpaired) electrons. The molecule has 0 aliphatic heterocycles. The highest BCUT2D eigenvalue weighted by atomic mass is 35.5. The first kappa shape index (κ1) is 15.4. The number of amides is 2. The van der Waals surface area contributed by atoms with E-state index in [1.165, 1.54) is 0 Å². The second-order valence-electron chi connectivity index (χ2n) is 4.99. The molecule has 2 N–H and O–H groups in total. The van der Waals surface area contributed by atoms with E-state index in [4.69, 9.17) is 11.6 Å². The number of aromatic nitrogens is 2. The molecule has 1 heterocycles. The molecule has 0 saturated carbocycles. The van der Waals surface area contributed by atoms with Gasteiger partial charge in [0.1, 0.15) is 0 Å². The number of carbonyl (C=O) groups excluding carboxylic acids is 1. The molecule has 2 rings (SSSR count). The van der Waals surface area contributed by atoms with Gasteiger partial charge in [-0.25, -0.2) is 4.79 Å². The summed E-state index contributed by atoms with van der Waals surface area (Å²) in [7, 11) is 1.89. The molecular formula is C15H19ClN4O. The molecule has 6 heteroatoms. The normalized spacial score (nSPS) is 10.5. The Morgan fingerprint density at radius 1 is 1.33 bits per heavy atom. The Morgan fingerprint density at radius 3 is 2.67 bits per heavy atom. The summed E-state index contributed by atoms with van der Waals surface area (Å²) in [6.45, 7) is 6.23. The molecule has 0 atom stereocenters. The number of anilines is 1. The molecule has 0 aliphatic carbocycles. The van der Waals surface area contributed by atoms with Gasteiger partial charge < -0.3 is 10.6 Å². The number of benzene rings is 1. The van der Waals surface area contributed by atoms with E-state index in [0.29, 0.717) is 17.3 Å². The van der Waals surface area contributed by atoms with Crippen LogP contribution in [0.3, 0.4) is 0 Å². The number of rotatable bonds is 3. The van der Waals surface area contributed by atoms with Crippen molar-refractivity contribution in [1.29, 1.82) is 0 Å². The third kappa shape index (κ3) is 3.36. The van der Waals surface area contributed by atoms with Gasteiger partial charge in [-0.2, -0.15) is 5.10 Å². The van der Waals surface area contributed by atoms with Crippen LogP contribution in [0.25, 0.3) is 0 Å². The van der Waals surface area contributed by atoms with Crippen molar-refractivity contribution in [2.75, 3.05) is 5.32 Å². The predicted octanol–water partition coefficient (Wildman–Crippen LogP) is 3.32. The Labute approximate surface area is 129 Å². The second-order valence-corrected chi connectivity index (χ2v) is 5.40. The van der Waals surface area contributed by atoms with Gasteiger partial charge in [0, 0.05) is 35.6 Å². The number of nitrogens with zero attached hydrogens (tertiary/aromatic N) is 2. The van der Waals surface area contributed by atoms with E-state index in [9.17, 15) is 4.79 Å². The Morgan fingerprint density at radius 2 is 2.05 bits per heavy atom. The van der Waals surface area contributed by atoms with Gasteiger partial charge in [-0.15, -0.1) is 0 Å².